The van der Waals surface area contributed by atoms with Gasteiger partial charge in [0.05, 0.1) is 12.4 Å². The van der Waals surface area contributed by atoms with E-state index in [9.17, 15) is 8.42 Å². The molecule has 5 heteroatoms. The summed E-state index contributed by atoms with van der Waals surface area (Å²) in [6.07, 6.45) is 0. The molecule has 2 rings (SSSR count). The Morgan fingerprint density at radius 2 is 1.88 bits per heavy atom. The van der Waals surface area contributed by atoms with Crippen molar-refractivity contribution in [3.8, 4) is 5.75 Å². The molecule has 1 aromatic carbocycles. The standard InChI is InChI=1S/C12H17NO3S/c1-3-17(14,15)12-10(11(12)13)8-4-6-9(16-2)7-5-8/h4-7,10-12H,3,13H2,1-2H3/t10-,11-,12+/m0/s1. The van der Waals surface area contributed by atoms with E-state index in [2.05, 4.69) is 0 Å². The van der Waals surface area contributed by atoms with Crippen LogP contribution in [0.4, 0.5) is 0 Å². The first-order valence-electron chi connectivity index (χ1n) is 5.62. The van der Waals surface area contributed by atoms with Crippen molar-refractivity contribution in [1.82, 2.24) is 0 Å². The van der Waals surface area contributed by atoms with Crippen LogP contribution < -0.4 is 10.5 Å². The van der Waals surface area contributed by atoms with Gasteiger partial charge in [0.25, 0.3) is 0 Å². The summed E-state index contributed by atoms with van der Waals surface area (Å²) in [5.74, 6) is 0.849. The van der Waals surface area contributed by atoms with Gasteiger partial charge in [-0.3, -0.25) is 0 Å². The number of methoxy groups -OCH3 is 1. The van der Waals surface area contributed by atoms with Gasteiger partial charge in [0, 0.05) is 17.7 Å². The number of hydrogen-bond donors (Lipinski definition) is 1. The molecule has 0 spiro atoms. The average molecular weight is 255 g/mol. The van der Waals surface area contributed by atoms with Crippen LogP contribution in [-0.2, 0) is 9.84 Å². The summed E-state index contributed by atoms with van der Waals surface area (Å²) in [5.41, 5.74) is 6.84. The lowest BCUT2D eigenvalue weighted by Crippen LogP contribution is -2.17. The lowest BCUT2D eigenvalue weighted by molar-refractivity contribution is 0.414. The summed E-state index contributed by atoms with van der Waals surface area (Å²) in [6, 6.07) is 7.16. The predicted molar refractivity (Wildman–Crippen MR) is 67.0 cm³/mol. The molecule has 0 aliphatic heterocycles. The zero-order valence-corrected chi connectivity index (χ0v) is 10.8. The van der Waals surface area contributed by atoms with Crippen LogP contribution in [0.5, 0.6) is 5.75 Å². The number of benzene rings is 1. The van der Waals surface area contributed by atoms with Gasteiger partial charge in [-0.1, -0.05) is 19.1 Å². The molecule has 1 aliphatic carbocycles. The Balaban J connectivity index is 2.20. The van der Waals surface area contributed by atoms with Crippen molar-refractivity contribution in [2.75, 3.05) is 12.9 Å². The first-order chi connectivity index (χ1) is 8.01. The predicted octanol–water partition coefficient (Wildman–Crippen LogP) is 0.923. The molecular weight excluding hydrogens is 238 g/mol. The first kappa shape index (κ1) is 12.4. The summed E-state index contributed by atoms with van der Waals surface area (Å²) in [7, 11) is -1.44. The number of nitrogens with two attached hydrogens (primary N) is 1. The van der Waals surface area contributed by atoms with Crippen LogP contribution in [0.25, 0.3) is 0 Å². The molecule has 3 atom stereocenters. The topological polar surface area (TPSA) is 69.4 Å². The maximum Gasteiger partial charge on any atom is 0.155 e. The Hall–Kier alpha value is -1.07. The van der Waals surface area contributed by atoms with Crippen LogP contribution in [0.15, 0.2) is 24.3 Å². The summed E-state index contributed by atoms with van der Waals surface area (Å²) in [4.78, 5) is 0. The van der Waals surface area contributed by atoms with Gasteiger partial charge < -0.3 is 10.5 Å². The Bertz CT molecular complexity index is 495. The molecule has 1 aromatic rings. The summed E-state index contributed by atoms with van der Waals surface area (Å²) >= 11 is 0. The zero-order chi connectivity index (χ0) is 12.6. The van der Waals surface area contributed by atoms with Crippen molar-refractivity contribution >= 4 is 9.84 Å². The fourth-order valence-electron chi connectivity index (χ4n) is 2.20. The zero-order valence-electron chi connectivity index (χ0n) is 9.96. The summed E-state index contributed by atoms with van der Waals surface area (Å²) in [6.45, 7) is 1.66. The lowest BCUT2D eigenvalue weighted by atomic mass is 10.1. The van der Waals surface area contributed by atoms with Crippen LogP contribution in [0.1, 0.15) is 18.4 Å². The second-order valence-electron chi connectivity index (χ2n) is 4.29. The number of rotatable bonds is 4. The molecule has 94 valence electrons. The van der Waals surface area contributed by atoms with E-state index in [4.69, 9.17) is 10.5 Å². The van der Waals surface area contributed by atoms with Crippen molar-refractivity contribution in [2.45, 2.75) is 24.1 Å². The van der Waals surface area contributed by atoms with Crippen molar-refractivity contribution in [1.29, 1.82) is 0 Å². The van der Waals surface area contributed by atoms with Gasteiger partial charge in [-0.25, -0.2) is 8.42 Å². The van der Waals surface area contributed by atoms with E-state index in [1.165, 1.54) is 0 Å². The molecule has 0 radical (unpaired) electrons. The largest absolute Gasteiger partial charge is 0.497 e. The minimum atomic E-state index is -3.04. The van der Waals surface area contributed by atoms with Gasteiger partial charge in [-0.05, 0) is 17.7 Å². The third-order valence-electron chi connectivity index (χ3n) is 3.32. The Morgan fingerprint density at radius 1 is 1.29 bits per heavy atom. The molecule has 2 N–H and O–H groups in total. The van der Waals surface area contributed by atoms with Gasteiger partial charge in [-0.15, -0.1) is 0 Å². The second-order valence-corrected chi connectivity index (χ2v) is 6.74. The Kier molecular flexibility index (Phi) is 3.14. The van der Waals surface area contributed by atoms with E-state index < -0.39 is 15.1 Å². The monoisotopic (exact) mass is 255 g/mol. The molecule has 1 aliphatic rings. The SMILES string of the molecule is CCS(=O)(=O)[C@H]1[C@@H](N)[C@@H]1c1ccc(OC)cc1. The van der Waals surface area contributed by atoms with Crippen LogP contribution >= 0.6 is 0 Å². The highest BCUT2D eigenvalue weighted by atomic mass is 32.2. The third kappa shape index (κ3) is 2.17. The molecule has 0 aromatic heterocycles. The van der Waals surface area contributed by atoms with E-state index in [-0.39, 0.29) is 17.7 Å². The minimum Gasteiger partial charge on any atom is -0.497 e. The maximum absolute atomic E-state index is 11.8. The molecule has 0 amide bonds. The molecule has 17 heavy (non-hydrogen) atoms. The molecule has 0 bridgehead atoms. The van der Waals surface area contributed by atoms with Crippen molar-refractivity contribution in [2.24, 2.45) is 5.73 Å². The molecule has 4 nitrogen and oxygen atoms in total. The Labute approximate surface area is 102 Å². The minimum absolute atomic E-state index is 0.0640. The van der Waals surface area contributed by atoms with Gasteiger partial charge >= 0.3 is 0 Å². The van der Waals surface area contributed by atoms with Crippen LogP contribution in [0, 0.1) is 0 Å². The van der Waals surface area contributed by atoms with Gasteiger partial charge in [0.15, 0.2) is 9.84 Å². The first-order valence-corrected chi connectivity index (χ1v) is 7.34. The van der Waals surface area contributed by atoms with E-state index in [1.54, 1.807) is 14.0 Å². The number of sulfone groups is 1. The van der Waals surface area contributed by atoms with E-state index in [1.807, 2.05) is 24.3 Å². The second kappa shape index (κ2) is 4.31. The fourth-order valence-corrected chi connectivity index (χ4v) is 3.93. The lowest BCUT2D eigenvalue weighted by Gasteiger charge is -2.02. The van der Waals surface area contributed by atoms with E-state index in [0.29, 0.717) is 0 Å². The molecule has 1 fully saturated rings. The fraction of sp³-hybridized carbons (Fsp3) is 0.500. The highest BCUT2D eigenvalue weighted by Crippen LogP contribution is 2.45. The van der Waals surface area contributed by atoms with Crippen LogP contribution in [-0.4, -0.2) is 32.6 Å². The van der Waals surface area contributed by atoms with Gasteiger partial charge in [0.1, 0.15) is 5.75 Å². The van der Waals surface area contributed by atoms with Crippen molar-refractivity contribution in [3.05, 3.63) is 29.8 Å². The molecule has 0 unspecified atom stereocenters. The van der Waals surface area contributed by atoms with Crippen molar-refractivity contribution in [3.63, 3.8) is 0 Å². The summed E-state index contributed by atoms with van der Waals surface area (Å²) < 4.78 is 28.6. The molecule has 0 heterocycles. The Morgan fingerprint density at radius 3 is 2.35 bits per heavy atom. The third-order valence-corrected chi connectivity index (χ3v) is 5.57. The van der Waals surface area contributed by atoms with E-state index >= 15 is 0 Å². The highest BCUT2D eigenvalue weighted by Gasteiger charge is 2.55. The van der Waals surface area contributed by atoms with Gasteiger partial charge in [0.2, 0.25) is 0 Å². The van der Waals surface area contributed by atoms with E-state index in [0.717, 1.165) is 11.3 Å². The normalized spacial score (nSPS) is 27.8. The number of hydrogen-bond acceptors (Lipinski definition) is 4. The smallest absolute Gasteiger partial charge is 0.155 e. The van der Waals surface area contributed by atoms with Crippen LogP contribution in [0.2, 0.25) is 0 Å². The molecular formula is C12H17NO3S. The van der Waals surface area contributed by atoms with Crippen molar-refractivity contribution < 1.29 is 13.2 Å². The van der Waals surface area contributed by atoms with Gasteiger partial charge in [-0.2, -0.15) is 0 Å². The highest BCUT2D eigenvalue weighted by molar-refractivity contribution is 7.92. The summed E-state index contributed by atoms with van der Waals surface area (Å²) in [5, 5.41) is -0.416. The van der Waals surface area contributed by atoms with Crippen LogP contribution in [0.3, 0.4) is 0 Å². The maximum atomic E-state index is 11.8. The molecule has 1 saturated carbocycles. The average Bonchev–Trinajstić information content (AvgIpc) is 3.02. The number of ether oxygens (including phenoxy) is 1. The molecule has 0 saturated heterocycles. The quantitative estimate of drug-likeness (QED) is 0.868.